The van der Waals surface area contributed by atoms with Crippen molar-refractivity contribution in [1.29, 1.82) is 0 Å². The Bertz CT molecular complexity index is 420. The second kappa shape index (κ2) is 4.61. The molecule has 0 saturated carbocycles. The van der Waals surface area contributed by atoms with Crippen molar-refractivity contribution in [3.05, 3.63) is 35.1 Å². The fraction of sp³-hybridized carbons (Fsp3) is 0.250. The highest BCUT2D eigenvalue weighted by atomic mass is 19.1. The second-order valence-corrected chi connectivity index (χ2v) is 3.33. The number of carbonyl (C=O) groups excluding carboxylic acids is 1. The number of amides is 1. The van der Waals surface area contributed by atoms with Gasteiger partial charge in [0, 0.05) is 5.56 Å². The molecule has 0 bridgehead atoms. The zero-order valence-electron chi connectivity index (χ0n) is 8.67. The molecule has 0 aromatic heterocycles. The van der Waals surface area contributed by atoms with E-state index in [0.29, 0.717) is 11.1 Å². The Balaban J connectivity index is 2.84. The summed E-state index contributed by atoms with van der Waals surface area (Å²) in [6.07, 6.45) is 5.13. The quantitative estimate of drug-likeness (QED) is 0.734. The molecule has 1 amide bonds. The molecule has 0 aliphatic rings. The predicted molar refractivity (Wildman–Crippen MR) is 56.9 cm³/mol. The van der Waals surface area contributed by atoms with E-state index in [2.05, 4.69) is 11.2 Å². The van der Waals surface area contributed by atoms with Crippen molar-refractivity contribution in [3.8, 4) is 12.3 Å². The van der Waals surface area contributed by atoms with Gasteiger partial charge in [-0.1, -0.05) is 5.92 Å². The molecule has 0 saturated heterocycles. The van der Waals surface area contributed by atoms with Gasteiger partial charge in [-0.05, 0) is 37.6 Å². The maximum absolute atomic E-state index is 12.9. The minimum absolute atomic E-state index is 0.288. The van der Waals surface area contributed by atoms with Crippen LogP contribution in [0.15, 0.2) is 18.2 Å². The van der Waals surface area contributed by atoms with E-state index in [9.17, 15) is 9.18 Å². The summed E-state index contributed by atoms with van der Waals surface area (Å²) in [7, 11) is 0. The summed E-state index contributed by atoms with van der Waals surface area (Å²) >= 11 is 0. The number of terminal acetylenes is 1. The molecule has 0 spiro atoms. The van der Waals surface area contributed by atoms with Crippen LogP contribution >= 0.6 is 0 Å². The lowest BCUT2D eigenvalue weighted by molar-refractivity contribution is 0.0948. The van der Waals surface area contributed by atoms with Crippen LogP contribution in [0, 0.1) is 25.1 Å². The number of hydrogen-bond acceptors (Lipinski definition) is 1. The molecule has 1 unspecified atom stereocenters. The number of halogens is 1. The summed E-state index contributed by atoms with van der Waals surface area (Å²) in [5.74, 6) is 1.77. The Morgan fingerprint density at radius 3 is 2.80 bits per heavy atom. The van der Waals surface area contributed by atoms with Crippen LogP contribution in [-0.2, 0) is 0 Å². The third-order valence-electron chi connectivity index (χ3n) is 2.02. The average Bonchev–Trinajstić information content (AvgIpc) is 2.21. The molecule has 1 atom stereocenters. The summed E-state index contributed by atoms with van der Waals surface area (Å²) in [4.78, 5) is 11.5. The Morgan fingerprint density at radius 2 is 2.27 bits per heavy atom. The highest BCUT2D eigenvalue weighted by molar-refractivity contribution is 5.94. The maximum Gasteiger partial charge on any atom is 0.252 e. The molecule has 0 heterocycles. The van der Waals surface area contributed by atoms with Crippen LogP contribution in [0.5, 0.6) is 0 Å². The van der Waals surface area contributed by atoms with Gasteiger partial charge < -0.3 is 5.32 Å². The monoisotopic (exact) mass is 205 g/mol. The van der Waals surface area contributed by atoms with Crippen molar-refractivity contribution in [3.63, 3.8) is 0 Å². The van der Waals surface area contributed by atoms with Crippen molar-refractivity contribution in [2.75, 3.05) is 0 Å². The smallest absolute Gasteiger partial charge is 0.252 e. The van der Waals surface area contributed by atoms with Crippen LogP contribution in [0.1, 0.15) is 22.8 Å². The highest BCUT2D eigenvalue weighted by Gasteiger charge is 2.09. The first kappa shape index (κ1) is 11.3. The Labute approximate surface area is 88.5 Å². The molecule has 1 aromatic carbocycles. The van der Waals surface area contributed by atoms with E-state index >= 15 is 0 Å². The Morgan fingerprint density at radius 1 is 1.60 bits per heavy atom. The topological polar surface area (TPSA) is 29.1 Å². The Kier molecular flexibility index (Phi) is 3.46. The van der Waals surface area contributed by atoms with Crippen LogP contribution in [0.2, 0.25) is 0 Å². The molecular weight excluding hydrogens is 193 g/mol. The van der Waals surface area contributed by atoms with E-state index in [4.69, 9.17) is 6.42 Å². The van der Waals surface area contributed by atoms with E-state index in [1.54, 1.807) is 13.8 Å². The third-order valence-corrected chi connectivity index (χ3v) is 2.02. The lowest BCUT2D eigenvalue weighted by Gasteiger charge is -2.08. The largest absolute Gasteiger partial charge is 0.339 e. The van der Waals surface area contributed by atoms with E-state index in [0.717, 1.165) is 0 Å². The number of rotatable bonds is 2. The van der Waals surface area contributed by atoms with Crippen molar-refractivity contribution >= 4 is 5.91 Å². The molecular formula is C12H12FNO. The van der Waals surface area contributed by atoms with Crippen LogP contribution in [0.25, 0.3) is 0 Å². The zero-order chi connectivity index (χ0) is 11.4. The van der Waals surface area contributed by atoms with E-state index in [1.807, 2.05) is 0 Å². The van der Waals surface area contributed by atoms with Gasteiger partial charge in [0.2, 0.25) is 0 Å². The number of carbonyl (C=O) groups is 1. The van der Waals surface area contributed by atoms with Crippen LogP contribution in [-0.4, -0.2) is 11.9 Å². The highest BCUT2D eigenvalue weighted by Crippen LogP contribution is 2.09. The molecule has 1 rings (SSSR count). The molecule has 15 heavy (non-hydrogen) atoms. The summed E-state index contributed by atoms with van der Waals surface area (Å²) in [5, 5.41) is 2.60. The lowest BCUT2D eigenvalue weighted by Crippen LogP contribution is -2.31. The fourth-order valence-electron chi connectivity index (χ4n) is 1.11. The van der Waals surface area contributed by atoms with Gasteiger partial charge in [0.25, 0.3) is 5.91 Å². The first-order valence-corrected chi connectivity index (χ1v) is 4.57. The van der Waals surface area contributed by atoms with Gasteiger partial charge >= 0.3 is 0 Å². The molecule has 0 radical (unpaired) electrons. The molecule has 1 N–H and O–H groups in total. The SMILES string of the molecule is C#CC(C)NC(=O)c1ccc(F)c(C)c1. The van der Waals surface area contributed by atoms with E-state index in [1.165, 1.54) is 18.2 Å². The van der Waals surface area contributed by atoms with E-state index < -0.39 is 0 Å². The summed E-state index contributed by atoms with van der Waals surface area (Å²) in [5.41, 5.74) is 0.854. The van der Waals surface area contributed by atoms with Crippen LogP contribution in [0.3, 0.4) is 0 Å². The van der Waals surface area contributed by atoms with Crippen molar-refractivity contribution in [2.24, 2.45) is 0 Å². The Hall–Kier alpha value is -1.82. The van der Waals surface area contributed by atoms with Crippen molar-refractivity contribution < 1.29 is 9.18 Å². The molecule has 2 nitrogen and oxygen atoms in total. The van der Waals surface area contributed by atoms with Gasteiger partial charge in [0.05, 0.1) is 6.04 Å². The number of aryl methyl sites for hydroxylation is 1. The minimum Gasteiger partial charge on any atom is -0.339 e. The van der Waals surface area contributed by atoms with Crippen molar-refractivity contribution in [2.45, 2.75) is 19.9 Å². The van der Waals surface area contributed by atoms with Crippen LogP contribution < -0.4 is 5.32 Å². The predicted octanol–water partition coefficient (Wildman–Crippen LogP) is 1.89. The zero-order valence-corrected chi connectivity index (χ0v) is 8.67. The molecule has 3 heteroatoms. The second-order valence-electron chi connectivity index (χ2n) is 3.33. The normalized spacial score (nSPS) is 11.6. The minimum atomic E-state index is -0.331. The molecule has 78 valence electrons. The summed E-state index contributed by atoms with van der Waals surface area (Å²) in [6.45, 7) is 3.31. The van der Waals surface area contributed by atoms with Gasteiger partial charge in [-0.2, -0.15) is 0 Å². The van der Waals surface area contributed by atoms with Gasteiger partial charge in [0.1, 0.15) is 5.82 Å². The van der Waals surface area contributed by atoms with E-state index in [-0.39, 0.29) is 17.8 Å². The first-order chi connectivity index (χ1) is 7.04. The molecule has 0 aliphatic carbocycles. The summed E-state index contributed by atoms with van der Waals surface area (Å²) < 4.78 is 12.9. The number of benzene rings is 1. The van der Waals surface area contributed by atoms with Gasteiger partial charge in [-0.15, -0.1) is 6.42 Å². The molecule has 0 aliphatic heterocycles. The standard InChI is InChI=1S/C12H12FNO/c1-4-9(3)14-12(15)10-5-6-11(13)8(2)7-10/h1,5-7,9H,2-3H3,(H,14,15). The molecule has 0 fully saturated rings. The van der Waals surface area contributed by atoms with Gasteiger partial charge in [-0.3, -0.25) is 4.79 Å². The lowest BCUT2D eigenvalue weighted by atomic mass is 10.1. The maximum atomic E-state index is 12.9. The first-order valence-electron chi connectivity index (χ1n) is 4.57. The number of nitrogens with one attached hydrogen (secondary N) is 1. The number of hydrogen-bond donors (Lipinski definition) is 1. The third kappa shape index (κ3) is 2.81. The van der Waals surface area contributed by atoms with Crippen molar-refractivity contribution in [1.82, 2.24) is 5.32 Å². The molecule has 1 aromatic rings. The van der Waals surface area contributed by atoms with Crippen LogP contribution in [0.4, 0.5) is 4.39 Å². The van der Waals surface area contributed by atoms with Gasteiger partial charge in [-0.25, -0.2) is 4.39 Å². The average molecular weight is 205 g/mol. The van der Waals surface area contributed by atoms with Gasteiger partial charge in [0.15, 0.2) is 0 Å². The fourth-order valence-corrected chi connectivity index (χ4v) is 1.11. The summed E-state index contributed by atoms with van der Waals surface area (Å²) in [6, 6.07) is 3.86.